The fourth-order valence-electron chi connectivity index (χ4n) is 1.05. The second-order valence-corrected chi connectivity index (χ2v) is 5.17. The van der Waals surface area contributed by atoms with Crippen LogP contribution in [-0.2, 0) is 5.75 Å². The summed E-state index contributed by atoms with van der Waals surface area (Å²) in [7, 11) is 0. The number of halogens is 1. The van der Waals surface area contributed by atoms with Gasteiger partial charge in [-0.25, -0.2) is 0 Å². The molecule has 0 saturated heterocycles. The summed E-state index contributed by atoms with van der Waals surface area (Å²) >= 11 is 7.47. The summed E-state index contributed by atoms with van der Waals surface area (Å²) in [4.78, 5) is 10.0. The summed E-state index contributed by atoms with van der Waals surface area (Å²) in [6, 6.07) is 4.43. The van der Waals surface area contributed by atoms with Crippen LogP contribution in [0.2, 0.25) is 5.02 Å². The average Bonchev–Trinajstić information content (AvgIpc) is 2.26. The summed E-state index contributed by atoms with van der Waals surface area (Å²) in [6.45, 7) is 2.01. The number of non-ortho nitro benzene ring substituents is 1. The van der Waals surface area contributed by atoms with E-state index in [1.54, 1.807) is 17.8 Å². The van der Waals surface area contributed by atoms with Gasteiger partial charge in [0, 0.05) is 23.1 Å². The molecule has 0 aromatic heterocycles. The van der Waals surface area contributed by atoms with Crippen molar-refractivity contribution < 1.29 is 10.0 Å². The fraction of sp³-hybridized carbons (Fsp3) is 0.400. The molecule has 0 bridgehead atoms. The largest absolute Gasteiger partial charge is 0.395 e. The van der Waals surface area contributed by atoms with Gasteiger partial charge in [-0.3, -0.25) is 10.1 Å². The molecule has 0 heterocycles. The Morgan fingerprint density at radius 3 is 2.81 bits per heavy atom. The van der Waals surface area contributed by atoms with Crippen molar-refractivity contribution >= 4 is 29.1 Å². The molecule has 0 spiro atoms. The molecular formula is C10H12ClNO3S. The number of nitrogens with zero attached hydrogens (tertiary/aromatic N) is 1. The Morgan fingerprint density at radius 1 is 1.62 bits per heavy atom. The van der Waals surface area contributed by atoms with Gasteiger partial charge in [0.2, 0.25) is 0 Å². The predicted octanol–water partition coefficient (Wildman–Crippen LogP) is 2.86. The van der Waals surface area contributed by atoms with Crippen LogP contribution >= 0.6 is 23.4 Å². The van der Waals surface area contributed by atoms with E-state index in [4.69, 9.17) is 16.7 Å². The van der Waals surface area contributed by atoms with Gasteiger partial charge in [-0.1, -0.05) is 18.5 Å². The number of benzene rings is 1. The SMILES string of the molecule is C[C@@H](CO)SCc1ccc([N+](=O)[O-])cc1Cl. The maximum absolute atomic E-state index is 10.5. The van der Waals surface area contributed by atoms with E-state index in [0.29, 0.717) is 10.8 Å². The van der Waals surface area contributed by atoms with Crippen molar-refractivity contribution in [3.05, 3.63) is 38.9 Å². The first-order chi connectivity index (χ1) is 7.54. The van der Waals surface area contributed by atoms with Gasteiger partial charge in [-0.2, -0.15) is 11.8 Å². The third-order valence-electron chi connectivity index (χ3n) is 2.03. The molecule has 4 nitrogen and oxygen atoms in total. The first kappa shape index (κ1) is 13.3. The number of rotatable bonds is 5. The summed E-state index contributed by atoms with van der Waals surface area (Å²) in [6.07, 6.45) is 0. The number of thioether (sulfide) groups is 1. The van der Waals surface area contributed by atoms with E-state index in [-0.39, 0.29) is 17.5 Å². The van der Waals surface area contributed by atoms with Crippen LogP contribution in [0.1, 0.15) is 12.5 Å². The van der Waals surface area contributed by atoms with Crippen molar-refractivity contribution in [3.63, 3.8) is 0 Å². The van der Waals surface area contributed by atoms with Crippen LogP contribution in [0.5, 0.6) is 0 Å². The maximum atomic E-state index is 10.5. The molecule has 0 unspecified atom stereocenters. The zero-order chi connectivity index (χ0) is 12.1. The van der Waals surface area contributed by atoms with Crippen LogP contribution in [0.4, 0.5) is 5.69 Å². The van der Waals surface area contributed by atoms with Crippen LogP contribution in [0.3, 0.4) is 0 Å². The molecule has 0 amide bonds. The molecule has 1 N–H and O–H groups in total. The Hall–Kier alpha value is -0.780. The van der Waals surface area contributed by atoms with Gasteiger partial charge in [-0.15, -0.1) is 0 Å². The van der Waals surface area contributed by atoms with E-state index in [0.717, 1.165) is 5.56 Å². The molecule has 1 aromatic carbocycles. The second-order valence-electron chi connectivity index (χ2n) is 3.34. The smallest absolute Gasteiger partial charge is 0.270 e. The highest BCUT2D eigenvalue weighted by atomic mass is 35.5. The number of aliphatic hydroxyl groups is 1. The summed E-state index contributed by atoms with van der Waals surface area (Å²) < 4.78 is 0. The van der Waals surface area contributed by atoms with E-state index < -0.39 is 4.92 Å². The molecule has 88 valence electrons. The van der Waals surface area contributed by atoms with Gasteiger partial charge in [0.05, 0.1) is 16.6 Å². The number of hydrogen-bond donors (Lipinski definition) is 1. The quantitative estimate of drug-likeness (QED) is 0.654. The van der Waals surface area contributed by atoms with Gasteiger partial charge < -0.3 is 5.11 Å². The van der Waals surface area contributed by atoms with Crippen LogP contribution in [-0.4, -0.2) is 21.9 Å². The molecule has 0 radical (unpaired) electrons. The lowest BCUT2D eigenvalue weighted by atomic mass is 10.2. The van der Waals surface area contributed by atoms with Gasteiger partial charge >= 0.3 is 0 Å². The van der Waals surface area contributed by atoms with E-state index in [1.165, 1.54) is 12.1 Å². The van der Waals surface area contributed by atoms with Crippen LogP contribution < -0.4 is 0 Å². The highest BCUT2D eigenvalue weighted by molar-refractivity contribution is 7.99. The highest BCUT2D eigenvalue weighted by Crippen LogP contribution is 2.27. The molecule has 0 aliphatic heterocycles. The van der Waals surface area contributed by atoms with Crippen molar-refractivity contribution in [2.45, 2.75) is 17.9 Å². The Bertz CT molecular complexity index is 386. The molecule has 1 aromatic rings. The van der Waals surface area contributed by atoms with Crippen LogP contribution in [0.15, 0.2) is 18.2 Å². The van der Waals surface area contributed by atoms with E-state index in [1.807, 2.05) is 6.92 Å². The summed E-state index contributed by atoms with van der Waals surface area (Å²) in [5, 5.41) is 19.9. The first-order valence-corrected chi connectivity index (χ1v) is 6.12. The van der Waals surface area contributed by atoms with Crippen LogP contribution in [0.25, 0.3) is 0 Å². The van der Waals surface area contributed by atoms with E-state index in [2.05, 4.69) is 0 Å². The van der Waals surface area contributed by atoms with Gasteiger partial charge in [0.15, 0.2) is 0 Å². The van der Waals surface area contributed by atoms with Crippen molar-refractivity contribution in [1.82, 2.24) is 0 Å². The minimum Gasteiger partial charge on any atom is -0.395 e. The normalized spacial score (nSPS) is 12.4. The molecule has 16 heavy (non-hydrogen) atoms. The third kappa shape index (κ3) is 3.66. The lowest BCUT2D eigenvalue weighted by molar-refractivity contribution is -0.384. The topological polar surface area (TPSA) is 63.4 Å². The molecule has 1 atom stereocenters. The monoisotopic (exact) mass is 261 g/mol. The van der Waals surface area contributed by atoms with Crippen molar-refractivity contribution in [1.29, 1.82) is 0 Å². The number of aliphatic hydroxyl groups excluding tert-OH is 1. The number of nitro benzene ring substituents is 1. The molecule has 1 rings (SSSR count). The van der Waals surface area contributed by atoms with Gasteiger partial charge in [0.25, 0.3) is 5.69 Å². The van der Waals surface area contributed by atoms with Crippen molar-refractivity contribution in [3.8, 4) is 0 Å². The van der Waals surface area contributed by atoms with Crippen LogP contribution in [0, 0.1) is 10.1 Å². The second kappa shape index (κ2) is 6.08. The third-order valence-corrected chi connectivity index (χ3v) is 3.58. The Morgan fingerprint density at radius 2 is 2.31 bits per heavy atom. The minimum absolute atomic E-state index is 0.00560. The highest BCUT2D eigenvalue weighted by Gasteiger charge is 2.10. The Kier molecular flexibility index (Phi) is 5.05. The lowest BCUT2D eigenvalue weighted by Crippen LogP contribution is -2.02. The minimum atomic E-state index is -0.473. The molecule has 0 aliphatic carbocycles. The van der Waals surface area contributed by atoms with Gasteiger partial charge in [-0.05, 0) is 11.6 Å². The molecular weight excluding hydrogens is 250 g/mol. The first-order valence-electron chi connectivity index (χ1n) is 4.70. The molecule has 6 heteroatoms. The summed E-state index contributed by atoms with van der Waals surface area (Å²) in [5.41, 5.74) is 0.839. The Balaban J connectivity index is 2.72. The molecule has 0 saturated carbocycles. The standard InChI is InChI=1S/C10H12ClNO3S/c1-7(5-13)16-6-8-2-3-9(12(14)15)4-10(8)11/h2-4,7,13H,5-6H2,1H3/t7-/m0/s1. The zero-order valence-corrected chi connectivity index (χ0v) is 10.3. The predicted molar refractivity (Wildman–Crippen MR) is 65.9 cm³/mol. The summed E-state index contributed by atoms with van der Waals surface area (Å²) in [5.74, 6) is 0.637. The molecule has 0 aliphatic rings. The fourth-order valence-corrected chi connectivity index (χ4v) is 2.19. The zero-order valence-electron chi connectivity index (χ0n) is 8.72. The van der Waals surface area contributed by atoms with Crippen molar-refractivity contribution in [2.24, 2.45) is 0 Å². The van der Waals surface area contributed by atoms with Crippen molar-refractivity contribution in [2.75, 3.05) is 6.61 Å². The maximum Gasteiger partial charge on any atom is 0.270 e. The Labute approximate surface area is 103 Å². The van der Waals surface area contributed by atoms with Gasteiger partial charge in [0.1, 0.15) is 0 Å². The molecule has 0 fully saturated rings. The number of nitro groups is 1. The van der Waals surface area contributed by atoms with E-state index >= 15 is 0 Å². The van der Waals surface area contributed by atoms with E-state index in [9.17, 15) is 10.1 Å². The lowest BCUT2D eigenvalue weighted by Gasteiger charge is -2.08. The number of hydrogen-bond acceptors (Lipinski definition) is 4. The average molecular weight is 262 g/mol.